The molecule has 0 amide bonds. The van der Waals surface area contributed by atoms with E-state index in [1.807, 2.05) is 16.9 Å². The Bertz CT molecular complexity index is 466. The summed E-state index contributed by atoms with van der Waals surface area (Å²) in [5.74, 6) is 0.815. The summed E-state index contributed by atoms with van der Waals surface area (Å²) in [6.45, 7) is 2.43. The molecule has 0 radical (unpaired) electrons. The summed E-state index contributed by atoms with van der Waals surface area (Å²) < 4.78 is 1.89. The highest BCUT2D eigenvalue weighted by atomic mass is 127. The summed E-state index contributed by atoms with van der Waals surface area (Å²) in [6, 6.07) is 6.08. The van der Waals surface area contributed by atoms with Gasteiger partial charge < -0.3 is 10.6 Å². The Morgan fingerprint density at radius 2 is 2.32 bits per heavy atom. The number of guanidine groups is 1. The van der Waals surface area contributed by atoms with Crippen LogP contribution in [0, 0.1) is 0 Å². The molecule has 0 bridgehead atoms. The first-order valence-corrected chi connectivity index (χ1v) is 6.71. The molecule has 2 rings (SSSR count). The molecule has 7 heteroatoms. The molecule has 0 aliphatic carbocycles. The molecule has 0 atom stereocenters. The van der Waals surface area contributed by atoms with E-state index in [-0.39, 0.29) is 24.0 Å². The number of hydrogen-bond donors (Lipinski definition) is 2. The number of aliphatic imine (C=N–C) groups is 1. The van der Waals surface area contributed by atoms with Gasteiger partial charge in [0.2, 0.25) is 0 Å². The lowest BCUT2D eigenvalue weighted by molar-refractivity contribution is 0.598. The van der Waals surface area contributed by atoms with Gasteiger partial charge in [-0.15, -0.1) is 35.3 Å². The summed E-state index contributed by atoms with van der Waals surface area (Å²) in [5, 5.41) is 12.7. The molecule has 0 fully saturated rings. The van der Waals surface area contributed by atoms with Gasteiger partial charge in [0.25, 0.3) is 0 Å². The van der Waals surface area contributed by atoms with E-state index < -0.39 is 0 Å². The van der Waals surface area contributed by atoms with Crippen LogP contribution < -0.4 is 10.6 Å². The number of hydrogen-bond acceptors (Lipinski definition) is 3. The first-order chi connectivity index (χ1) is 8.88. The summed E-state index contributed by atoms with van der Waals surface area (Å²) in [6.07, 6.45) is 3.73. The second-order valence-corrected chi connectivity index (χ2v) is 4.73. The predicted octanol–water partition coefficient (Wildman–Crippen LogP) is 1.93. The molecule has 2 aromatic rings. The van der Waals surface area contributed by atoms with E-state index in [1.54, 1.807) is 24.6 Å². The van der Waals surface area contributed by atoms with Crippen LogP contribution >= 0.6 is 35.3 Å². The molecule has 0 spiro atoms. The van der Waals surface area contributed by atoms with Crippen LogP contribution in [0.1, 0.15) is 4.88 Å². The highest BCUT2D eigenvalue weighted by molar-refractivity contribution is 14.0. The van der Waals surface area contributed by atoms with Gasteiger partial charge in [-0.1, -0.05) is 6.07 Å². The van der Waals surface area contributed by atoms with E-state index >= 15 is 0 Å². The Morgan fingerprint density at radius 1 is 1.42 bits per heavy atom. The molecule has 5 nitrogen and oxygen atoms in total. The summed E-state index contributed by atoms with van der Waals surface area (Å²) in [7, 11) is 1.78. The number of nitrogens with zero attached hydrogens (tertiary/aromatic N) is 3. The zero-order chi connectivity index (χ0) is 12.6. The van der Waals surface area contributed by atoms with Crippen LogP contribution in [0.4, 0.5) is 0 Å². The Morgan fingerprint density at radius 3 is 2.95 bits per heavy atom. The monoisotopic (exact) mass is 391 g/mol. The maximum absolute atomic E-state index is 4.18. The van der Waals surface area contributed by atoms with Crippen LogP contribution in [-0.4, -0.2) is 29.3 Å². The van der Waals surface area contributed by atoms with E-state index in [0.717, 1.165) is 25.6 Å². The van der Waals surface area contributed by atoms with Crippen molar-refractivity contribution in [2.75, 3.05) is 13.6 Å². The first-order valence-electron chi connectivity index (χ1n) is 5.83. The van der Waals surface area contributed by atoms with E-state index in [0.29, 0.717) is 0 Å². The van der Waals surface area contributed by atoms with Crippen LogP contribution in [0.3, 0.4) is 0 Å². The quantitative estimate of drug-likeness (QED) is 0.465. The molecule has 0 saturated heterocycles. The lowest BCUT2D eigenvalue weighted by Crippen LogP contribution is -2.38. The fourth-order valence-corrected chi connectivity index (χ4v) is 2.17. The van der Waals surface area contributed by atoms with Crippen molar-refractivity contribution in [1.82, 2.24) is 20.4 Å². The van der Waals surface area contributed by atoms with Crippen molar-refractivity contribution in [1.29, 1.82) is 0 Å². The van der Waals surface area contributed by atoms with Gasteiger partial charge in [0.1, 0.15) is 0 Å². The largest absolute Gasteiger partial charge is 0.355 e. The Labute approximate surface area is 134 Å². The van der Waals surface area contributed by atoms with Gasteiger partial charge >= 0.3 is 0 Å². The smallest absolute Gasteiger partial charge is 0.191 e. The standard InChI is InChI=1S/C12H17N5S.HI/c1-13-12(15-10-11-4-2-9-18-11)14-6-8-17-7-3-5-16-17;/h2-5,7,9H,6,8,10H2,1H3,(H2,13,14,15);1H. The Hall–Kier alpha value is -1.09. The highest BCUT2D eigenvalue weighted by Gasteiger charge is 1.98. The Kier molecular flexibility index (Phi) is 7.49. The van der Waals surface area contributed by atoms with Crippen molar-refractivity contribution >= 4 is 41.3 Å². The lowest BCUT2D eigenvalue weighted by Gasteiger charge is -2.11. The minimum atomic E-state index is 0. The second kappa shape index (κ2) is 8.92. The molecule has 2 aromatic heterocycles. The van der Waals surface area contributed by atoms with Gasteiger partial charge in [-0.25, -0.2) is 0 Å². The topological polar surface area (TPSA) is 54.2 Å². The van der Waals surface area contributed by atoms with E-state index in [4.69, 9.17) is 0 Å². The SMILES string of the molecule is CN=C(NCCn1cccn1)NCc1cccs1.I. The first kappa shape index (κ1) is 16.0. The van der Waals surface area contributed by atoms with E-state index in [2.05, 4.69) is 38.2 Å². The lowest BCUT2D eigenvalue weighted by atomic mass is 10.5. The maximum atomic E-state index is 4.18. The third kappa shape index (κ3) is 5.60. The average Bonchev–Trinajstić information content (AvgIpc) is 3.06. The van der Waals surface area contributed by atoms with Crippen molar-refractivity contribution in [3.05, 3.63) is 40.8 Å². The average molecular weight is 391 g/mol. The summed E-state index contributed by atoms with van der Waals surface area (Å²) in [4.78, 5) is 5.47. The van der Waals surface area contributed by atoms with Crippen LogP contribution in [0.15, 0.2) is 41.0 Å². The molecule has 0 aliphatic heterocycles. The zero-order valence-corrected chi connectivity index (χ0v) is 13.9. The fourth-order valence-electron chi connectivity index (χ4n) is 1.53. The van der Waals surface area contributed by atoms with Gasteiger partial charge in [0.05, 0.1) is 13.1 Å². The van der Waals surface area contributed by atoms with Crippen LogP contribution in [-0.2, 0) is 13.1 Å². The molecular weight excluding hydrogens is 373 g/mol. The summed E-state index contributed by atoms with van der Waals surface area (Å²) in [5.41, 5.74) is 0. The molecule has 0 aliphatic rings. The third-order valence-electron chi connectivity index (χ3n) is 2.43. The van der Waals surface area contributed by atoms with Crippen LogP contribution in [0.2, 0.25) is 0 Å². The predicted molar refractivity (Wildman–Crippen MR) is 90.2 cm³/mol. The molecular formula is C12H18IN5S. The number of thiophene rings is 1. The number of halogens is 1. The minimum absolute atomic E-state index is 0. The fraction of sp³-hybridized carbons (Fsp3) is 0.333. The molecule has 0 saturated carbocycles. The van der Waals surface area contributed by atoms with Crippen molar-refractivity contribution in [3.63, 3.8) is 0 Å². The van der Waals surface area contributed by atoms with Gasteiger partial charge in [-0.05, 0) is 17.5 Å². The molecule has 0 unspecified atom stereocenters. The molecule has 2 N–H and O–H groups in total. The van der Waals surface area contributed by atoms with Crippen LogP contribution in [0.5, 0.6) is 0 Å². The highest BCUT2D eigenvalue weighted by Crippen LogP contribution is 2.06. The molecule has 2 heterocycles. The molecule has 0 aromatic carbocycles. The van der Waals surface area contributed by atoms with Gasteiger partial charge in [0, 0.05) is 30.9 Å². The van der Waals surface area contributed by atoms with Crippen LogP contribution in [0.25, 0.3) is 0 Å². The summed E-state index contributed by atoms with van der Waals surface area (Å²) >= 11 is 1.74. The van der Waals surface area contributed by atoms with Gasteiger partial charge in [0.15, 0.2) is 5.96 Å². The van der Waals surface area contributed by atoms with Gasteiger partial charge in [-0.3, -0.25) is 9.67 Å². The zero-order valence-electron chi connectivity index (χ0n) is 10.7. The number of rotatable bonds is 5. The van der Waals surface area contributed by atoms with E-state index in [1.165, 1.54) is 4.88 Å². The van der Waals surface area contributed by atoms with Crippen molar-refractivity contribution in [2.24, 2.45) is 4.99 Å². The van der Waals surface area contributed by atoms with Crippen molar-refractivity contribution < 1.29 is 0 Å². The minimum Gasteiger partial charge on any atom is -0.355 e. The molecule has 104 valence electrons. The normalized spacial score (nSPS) is 10.9. The third-order valence-corrected chi connectivity index (χ3v) is 3.30. The molecule has 19 heavy (non-hydrogen) atoms. The number of aromatic nitrogens is 2. The Balaban J connectivity index is 0.00000180. The van der Waals surface area contributed by atoms with Gasteiger partial charge in [-0.2, -0.15) is 5.10 Å². The maximum Gasteiger partial charge on any atom is 0.191 e. The second-order valence-electron chi connectivity index (χ2n) is 3.70. The van der Waals surface area contributed by atoms with Crippen molar-refractivity contribution in [2.45, 2.75) is 13.1 Å². The van der Waals surface area contributed by atoms with E-state index in [9.17, 15) is 0 Å². The van der Waals surface area contributed by atoms with Crippen molar-refractivity contribution in [3.8, 4) is 0 Å². The number of nitrogens with one attached hydrogen (secondary N) is 2.